The predicted octanol–water partition coefficient (Wildman–Crippen LogP) is 2.20. The number of esters is 1. The number of hydrogen-bond donors (Lipinski definition) is 2. The molecule has 7 heteroatoms. The molecule has 0 atom stereocenters. The van der Waals surface area contributed by atoms with Crippen molar-refractivity contribution in [3.05, 3.63) is 48.0 Å². The van der Waals surface area contributed by atoms with E-state index in [0.717, 1.165) is 0 Å². The van der Waals surface area contributed by atoms with E-state index in [0.29, 0.717) is 17.2 Å². The number of amides is 1. The lowest BCUT2D eigenvalue weighted by atomic mass is 10.2. The molecule has 0 fully saturated rings. The molecule has 0 unspecified atom stereocenters. The molecule has 7 nitrogen and oxygen atoms in total. The minimum absolute atomic E-state index is 0.00994. The summed E-state index contributed by atoms with van der Waals surface area (Å²) in [5.41, 5.74) is 0.379. The summed E-state index contributed by atoms with van der Waals surface area (Å²) in [6.07, 6.45) is 0. The van der Waals surface area contributed by atoms with Crippen molar-refractivity contribution in [1.29, 1.82) is 0 Å². The lowest BCUT2D eigenvalue weighted by Gasteiger charge is -2.12. The molecule has 0 aliphatic heterocycles. The van der Waals surface area contributed by atoms with E-state index in [-0.39, 0.29) is 11.3 Å². The maximum Gasteiger partial charge on any atom is 0.342 e. The number of rotatable bonds is 6. The number of aromatic hydroxyl groups is 1. The summed E-state index contributed by atoms with van der Waals surface area (Å²) in [7, 11) is 2.97. The van der Waals surface area contributed by atoms with E-state index in [1.807, 2.05) is 0 Å². The van der Waals surface area contributed by atoms with E-state index in [4.69, 9.17) is 14.2 Å². The molecule has 0 bridgehead atoms. The lowest BCUT2D eigenvalue weighted by Crippen LogP contribution is -2.21. The van der Waals surface area contributed by atoms with Gasteiger partial charge >= 0.3 is 5.97 Å². The molecule has 2 aromatic rings. The van der Waals surface area contributed by atoms with Gasteiger partial charge < -0.3 is 24.6 Å². The highest BCUT2D eigenvalue weighted by Crippen LogP contribution is 2.28. The van der Waals surface area contributed by atoms with Crippen molar-refractivity contribution < 1.29 is 28.9 Å². The monoisotopic (exact) mass is 331 g/mol. The highest BCUT2D eigenvalue weighted by Gasteiger charge is 2.15. The first-order chi connectivity index (χ1) is 11.5. The molecule has 1 amide bonds. The fourth-order valence-electron chi connectivity index (χ4n) is 1.95. The van der Waals surface area contributed by atoms with Crippen LogP contribution in [0, 0.1) is 0 Å². The SMILES string of the molecule is COc1ccc(OC)c(NC(=O)COC(=O)c2ccccc2O)c1. The van der Waals surface area contributed by atoms with Crippen LogP contribution in [0.15, 0.2) is 42.5 Å². The molecule has 0 saturated carbocycles. The molecule has 0 spiro atoms. The maximum absolute atomic E-state index is 12.0. The second kappa shape index (κ2) is 7.87. The number of anilines is 1. The number of benzene rings is 2. The van der Waals surface area contributed by atoms with Crippen LogP contribution in [0.2, 0.25) is 0 Å². The van der Waals surface area contributed by atoms with Crippen LogP contribution in [0.1, 0.15) is 10.4 Å². The molecule has 2 N–H and O–H groups in total. The fourth-order valence-corrected chi connectivity index (χ4v) is 1.95. The standard InChI is InChI=1S/C17H17NO6/c1-22-11-7-8-15(23-2)13(9-11)18-16(20)10-24-17(21)12-5-3-4-6-14(12)19/h3-9,19H,10H2,1-2H3,(H,18,20). The predicted molar refractivity (Wildman–Crippen MR) is 86.6 cm³/mol. The summed E-state index contributed by atoms with van der Waals surface area (Å²) >= 11 is 0. The largest absolute Gasteiger partial charge is 0.507 e. The summed E-state index contributed by atoms with van der Waals surface area (Å²) in [5.74, 6) is -0.572. The van der Waals surface area contributed by atoms with Crippen LogP contribution in [-0.4, -0.2) is 37.8 Å². The molecule has 0 radical (unpaired) electrons. The minimum atomic E-state index is -0.791. The zero-order valence-corrected chi connectivity index (χ0v) is 13.2. The Balaban J connectivity index is 1.99. The Labute approximate surface area is 138 Å². The van der Waals surface area contributed by atoms with Crippen molar-refractivity contribution in [1.82, 2.24) is 0 Å². The van der Waals surface area contributed by atoms with Crippen molar-refractivity contribution >= 4 is 17.6 Å². The van der Waals surface area contributed by atoms with Crippen molar-refractivity contribution in [2.24, 2.45) is 0 Å². The van der Waals surface area contributed by atoms with E-state index in [1.165, 1.54) is 26.4 Å². The number of methoxy groups -OCH3 is 2. The van der Waals surface area contributed by atoms with Gasteiger partial charge in [0.25, 0.3) is 5.91 Å². The number of phenolic OH excluding ortho intramolecular Hbond substituents is 1. The molecular weight excluding hydrogens is 314 g/mol. The van der Waals surface area contributed by atoms with Gasteiger partial charge in [-0.2, -0.15) is 0 Å². The summed E-state index contributed by atoms with van der Waals surface area (Å²) in [5, 5.41) is 12.1. The Morgan fingerprint density at radius 1 is 1.08 bits per heavy atom. The average molecular weight is 331 g/mol. The van der Waals surface area contributed by atoms with Crippen LogP contribution in [0.5, 0.6) is 17.2 Å². The van der Waals surface area contributed by atoms with Crippen molar-refractivity contribution in [3.63, 3.8) is 0 Å². The smallest absolute Gasteiger partial charge is 0.342 e. The third-order valence-corrected chi connectivity index (χ3v) is 3.14. The fraction of sp³-hybridized carbons (Fsp3) is 0.176. The normalized spacial score (nSPS) is 9.92. The van der Waals surface area contributed by atoms with Gasteiger partial charge in [-0.25, -0.2) is 4.79 Å². The van der Waals surface area contributed by atoms with Gasteiger partial charge in [0.2, 0.25) is 0 Å². The van der Waals surface area contributed by atoms with Crippen LogP contribution < -0.4 is 14.8 Å². The molecule has 2 rings (SSSR count). The van der Waals surface area contributed by atoms with E-state index in [9.17, 15) is 14.7 Å². The van der Waals surface area contributed by atoms with Crippen molar-refractivity contribution in [2.45, 2.75) is 0 Å². The highest BCUT2D eigenvalue weighted by molar-refractivity contribution is 5.97. The Hall–Kier alpha value is -3.22. The minimum Gasteiger partial charge on any atom is -0.507 e. The molecule has 0 aromatic heterocycles. The third kappa shape index (κ3) is 4.16. The topological polar surface area (TPSA) is 94.1 Å². The first kappa shape index (κ1) is 17.1. The second-order valence-corrected chi connectivity index (χ2v) is 4.71. The maximum atomic E-state index is 12.0. The summed E-state index contributed by atoms with van der Waals surface area (Å²) in [4.78, 5) is 23.8. The zero-order valence-electron chi connectivity index (χ0n) is 13.2. The van der Waals surface area contributed by atoms with Gasteiger partial charge in [-0.15, -0.1) is 0 Å². The zero-order chi connectivity index (χ0) is 17.5. The van der Waals surface area contributed by atoms with E-state index in [1.54, 1.807) is 30.3 Å². The number of para-hydroxylation sites is 1. The quantitative estimate of drug-likeness (QED) is 0.788. The third-order valence-electron chi connectivity index (χ3n) is 3.14. The highest BCUT2D eigenvalue weighted by atomic mass is 16.5. The van der Waals surface area contributed by atoms with Crippen molar-refractivity contribution in [3.8, 4) is 17.2 Å². The number of phenols is 1. The molecule has 24 heavy (non-hydrogen) atoms. The van der Waals surface area contributed by atoms with Gasteiger partial charge in [0.15, 0.2) is 6.61 Å². The van der Waals surface area contributed by atoms with Crippen LogP contribution in [0.4, 0.5) is 5.69 Å². The van der Waals surface area contributed by atoms with E-state index < -0.39 is 18.5 Å². The second-order valence-electron chi connectivity index (χ2n) is 4.71. The summed E-state index contributed by atoms with van der Waals surface area (Å²) in [6.45, 7) is -0.506. The molecule has 126 valence electrons. The number of carbonyl (C=O) groups is 2. The average Bonchev–Trinajstić information content (AvgIpc) is 2.60. The lowest BCUT2D eigenvalue weighted by molar-refractivity contribution is -0.119. The van der Waals surface area contributed by atoms with Crippen LogP contribution in [0.3, 0.4) is 0 Å². The van der Waals surface area contributed by atoms with Gasteiger partial charge in [-0.05, 0) is 24.3 Å². The van der Waals surface area contributed by atoms with Crippen LogP contribution in [-0.2, 0) is 9.53 Å². The summed E-state index contributed by atoms with van der Waals surface area (Å²) in [6, 6.07) is 10.8. The van der Waals surface area contributed by atoms with Crippen molar-refractivity contribution in [2.75, 3.05) is 26.1 Å². The molecule has 0 saturated heterocycles. The van der Waals surface area contributed by atoms with Gasteiger partial charge in [0.05, 0.1) is 19.9 Å². The number of carbonyl (C=O) groups excluding carboxylic acids is 2. The van der Waals surface area contributed by atoms with E-state index in [2.05, 4.69) is 5.32 Å². The van der Waals surface area contributed by atoms with Crippen LogP contribution >= 0.6 is 0 Å². The Morgan fingerprint density at radius 3 is 2.50 bits per heavy atom. The molecule has 2 aromatic carbocycles. The van der Waals surface area contributed by atoms with Crippen LogP contribution in [0.25, 0.3) is 0 Å². The molecule has 0 aliphatic rings. The van der Waals surface area contributed by atoms with E-state index >= 15 is 0 Å². The molecular formula is C17H17NO6. The molecule has 0 aliphatic carbocycles. The van der Waals surface area contributed by atoms with Gasteiger partial charge in [-0.1, -0.05) is 12.1 Å². The van der Waals surface area contributed by atoms with Gasteiger partial charge in [0, 0.05) is 6.07 Å². The van der Waals surface area contributed by atoms with Gasteiger partial charge in [0.1, 0.15) is 22.8 Å². The van der Waals surface area contributed by atoms with Gasteiger partial charge in [-0.3, -0.25) is 4.79 Å². The Bertz CT molecular complexity index is 744. The number of hydrogen-bond acceptors (Lipinski definition) is 6. The first-order valence-corrected chi connectivity index (χ1v) is 7.02. The summed E-state index contributed by atoms with van der Waals surface area (Å²) < 4.78 is 15.1. The first-order valence-electron chi connectivity index (χ1n) is 7.02. The number of ether oxygens (including phenoxy) is 3. The number of nitrogens with one attached hydrogen (secondary N) is 1. The Kier molecular flexibility index (Phi) is 5.62. The molecule has 0 heterocycles. The Morgan fingerprint density at radius 2 is 1.83 bits per heavy atom.